The molecule has 2 aromatic heterocycles. The summed E-state index contributed by atoms with van der Waals surface area (Å²) in [5.41, 5.74) is 2.04. The van der Waals surface area contributed by atoms with Crippen molar-refractivity contribution in [2.45, 2.75) is 24.9 Å². The molecule has 4 rings (SSSR count). The largest absolute Gasteiger partial charge is 0.389 e. The van der Waals surface area contributed by atoms with Crippen molar-refractivity contribution in [1.29, 1.82) is 0 Å². The number of amides is 1. The number of piperidine rings is 1. The Morgan fingerprint density at radius 1 is 1.00 bits per heavy atom. The number of aromatic nitrogens is 3. The van der Waals surface area contributed by atoms with Crippen molar-refractivity contribution in [2.24, 2.45) is 0 Å². The molecule has 1 aliphatic heterocycles. The van der Waals surface area contributed by atoms with E-state index in [1.54, 1.807) is 35.5 Å². The van der Waals surface area contributed by atoms with E-state index in [0.717, 1.165) is 5.56 Å². The van der Waals surface area contributed by atoms with Gasteiger partial charge in [-0.15, -0.1) is 0 Å². The van der Waals surface area contributed by atoms with E-state index in [0.29, 0.717) is 49.3 Å². The van der Waals surface area contributed by atoms with Gasteiger partial charge in [0.2, 0.25) is 0 Å². The van der Waals surface area contributed by atoms with E-state index in [9.17, 15) is 9.90 Å². The van der Waals surface area contributed by atoms with Crippen molar-refractivity contribution < 1.29 is 9.90 Å². The molecule has 1 saturated heterocycles. The van der Waals surface area contributed by atoms with E-state index >= 15 is 0 Å². The smallest absolute Gasteiger partial charge is 0.256 e. The highest BCUT2D eigenvalue weighted by Gasteiger charge is 2.34. The molecule has 3 heterocycles. The van der Waals surface area contributed by atoms with Crippen LogP contribution in [-0.2, 0) is 6.42 Å². The van der Waals surface area contributed by atoms with Gasteiger partial charge in [-0.25, -0.2) is 9.97 Å². The Labute approximate surface area is 163 Å². The Balaban J connectivity index is 1.48. The van der Waals surface area contributed by atoms with Gasteiger partial charge in [-0.1, -0.05) is 30.3 Å². The van der Waals surface area contributed by atoms with Gasteiger partial charge in [-0.05, 0) is 36.6 Å². The molecule has 1 N–H and O–H groups in total. The van der Waals surface area contributed by atoms with Crippen LogP contribution >= 0.6 is 0 Å². The number of hydrogen-bond acceptors (Lipinski definition) is 5. The summed E-state index contributed by atoms with van der Waals surface area (Å²) in [4.78, 5) is 27.4. The maximum Gasteiger partial charge on any atom is 0.256 e. The van der Waals surface area contributed by atoms with Crippen molar-refractivity contribution >= 4 is 5.91 Å². The number of benzene rings is 1. The van der Waals surface area contributed by atoms with Gasteiger partial charge >= 0.3 is 0 Å². The number of carbonyl (C=O) groups excluding carboxylic acids is 1. The topological polar surface area (TPSA) is 79.2 Å². The minimum Gasteiger partial charge on any atom is -0.389 e. The zero-order valence-electron chi connectivity index (χ0n) is 15.5. The Morgan fingerprint density at radius 2 is 1.79 bits per heavy atom. The van der Waals surface area contributed by atoms with Gasteiger partial charge in [-0.3, -0.25) is 9.78 Å². The van der Waals surface area contributed by atoms with Crippen molar-refractivity contribution in [3.63, 3.8) is 0 Å². The summed E-state index contributed by atoms with van der Waals surface area (Å²) in [5, 5.41) is 11.0. The lowest BCUT2D eigenvalue weighted by atomic mass is 9.85. The zero-order valence-corrected chi connectivity index (χ0v) is 15.5. The standard InChI is InChI=1S/C22H22N4O2/c27-21(18-7-4-11-24-20(18)19-8-12-23-16-25-19)26-13-9-22(28,10-14-26)15-17-5-2-1-3-6-17/h1-8,11-12,16,28H,9-10,13-15H2. The average molecular weight is 374 g/mol. The highest BCUT2D eigenvalue weighted by molar-refractivity contribution is 5.99. The second kappa shape index (κ2) is 7.86. The van der Waals surface area contributed by atoms with Gasteiger partial charge in [0, 0.05) is 31.9 Å². The Bertz CT molecular complexity index is 939. The molecule has 0 atom stereocenters. The number of rotatable bonds is 4. The fourth-order valence-electron chi connectivity index (χ4n) is 3.66. The fourth-order valence-corrected chi connectivity index (χ4v) is 3.66. The first-order valence-corrected chi connectivity index (χ1v) is 9.42. The third-order valence-corrected chi connectivity index (χ3v) is 5.22. The number of carbonyl (C=O) groups is 1. The highest BCUT2D eigenvalue weighted by Crippen LogP contribution is 2.28. The summed E-state index contributed by atoms with van der Waals surface area (Å²) >= 11 is 0. The minimum atomic E-state index is -0.775. The molecule has 0 saturated carbocycles. The predicted octanol–water partition coefficient (Wildman–Crippen LogP) is 2.75. The van der Waals surface area contributed by atoms with Crippen molar-refractivity contribution in [2.75, 3.05) is 13.1 Å². The molecule has 1 amide bonds. The van der Waals surface area contributed by atoms with E-state index in [1.165, 1.54) is 6.33 Å². The third kappa shape index (κ3) is 3.92. The number of hydrogen-bond donors (Lipinski definition) is 1. The predicted molar refractivity (Wildman–Crippen MR) is 105 cm³/mol. The molecule has 28 heavy (non-hydrogen) atoms. The van der Waals surface area contributed by atoms with Crippen LogP contribution in [0.4, 0.5) is 0 Å². The summed E-state index contributed by atoms with van der Waals surface area (Å²) in [6.07, 6.45) is 6.45. The monoisotopic (exact) mass is 374 g/mol. The molecule has 6 heteroatoms. The van der Waals surface area contributed by atoms with E-state index in [2.05, 4.69) is 15.0 Å². The average Bonchev–Trinajstić information content (AvgIpc) is 2.75. The van der Waals surface area contributed by atoms with Crippen LogP contribution in [0.1, 0.15) is 28.8 Å². The maximum absolute atomic E-state index is 13.1. The van der Waals surface area contributed by atoms with Crippen molar-refractivity contribution in [3.8, 4) is 11.4 Å². The summed E-state index contributed by atoms with van der Waals surface area (Å²) in [7, 11) is 0. The van der Waals surface area contributed by atoms with Crippen LogP contribution < -0.4 is 0 Å². The second-order valence-corrected chi connectivity index (χ2v) is 7.17. The van der Waals surface area contributed by atoms with Gasteiger partial charge < -0.3 is 10.0 Å². The Hall–Kier alpha value is -3.12. The van der Waals surface area contributed by atoms with E-state index in [1.807, 2.05) is 30.3 Å². The lowest BCUT2D eigenvalue weighted by Gasteiger charge is -2.38. The van der Waals surface area contributed by atoms with Crippen LogP contribution in [0, 0.1) is 0 Å². The molecule has 0 radical (unpaired) electrons. The van der Waals surface area contributed by atoms with Crippen molar-refractivity contribution in [1.82, 2.24) is 19.9 Å². The maximum atomic E-state index is 13.1. The molecule has 1 aromatic carbocycles. The minimum absolute atomic E-state index is 0.0801. The molecule has 6 nitrogen and oxygen atoms in total. The summed E-state index contributed by atoms with van der Waals surface area (Å²) in [6, 6.07) is 15.3. The van der Waals surface area contributed by atoms with Crippen LogP contribution in [0.25, 0.3) is 11.4 Å². The molecule has 0 unspecified atom stereocenters. The number of aliphatic hydroxyl groups is 1. The summed E-state index contributed by atoms with van der Waals surface area (Å²) in [6.45, 7) is 1.03. The molecule has 1 aliphatic rings. The van der Waals surface area contributed by atoms with Crippen LogP contribution in [0.3, 0.4) is 0 Å². The van der Waals surface area contributed by atoms with Crippen molar-refractivity contribution in [3.05, 3.63) is 78.4 Å². The van der Waals surface area contributed by atoms with Gasteiger partial charge in [0.1, 0.15) is 12.0 Å². The van der Waals surface area contributed by atoms with E-state index in [4.69, 9.17) is 0 Å². The number of likely N-dealkylation sites (tertiary alicyclic amines) is 1. The fraction of sp³-hybridized carbons (Fsp3) is 0.273. The first-order valence-electron chi connectivity index (χ1n) is 9.42. The molecule has 3 aromatic rings. The van der Waals surface area contributed by atoms with Gasteiger partial charge in [-0.2, -0.15) is 0 Å². The molecule has 0 aliphatic carbocycles. The normalized spacial score (nSPS) is 16.0. The van der Waals surface area contributed by atoms with Gasteiger partial charge in [0.25, 0.3) is 5.91 Å². The van der Waals surface area contributed by atoms with E-state index in [-0.39, 0.29) is 5.91 Å². The first-order chi connectivity index (χ1) is 13.6. The van der Waals surface area contributed by atoms with Crippen LogP contribution in [-0.4, -0.2) is 49.6 Å². The molecular weight excluding hydrogens is 352 g/mol. The zero-order chi connectivity index (χ0) is 19.4. The number of pyridine rings is 1. The number of nitrogens with zero attached hydrogens (tertiary/aromatic N) is 4. The van der Waals surface area contributed by atoms with Gasteiger partial charge in [0.05, 0.1) is 16.9 Å². The SMILES string of the molecule is O=C(c1cccnc1-c1ccncn1)N1CCC(O)(Cc2ccccc2)CC1. The molecule has 0 spiro atoms. The Kier molecular flexibility index (Phi) is 5.12. The Morgan fingerprint density at radius 3 is 2.50 bits per heavy atom. The third-order valence-electron chi connectivity index (χ3n) is 5.22. The second-order valence-electron chi connectivity index (χ2n) is 7.17. The van der Waals surface area contributed by atoms with Crippen LogP contribution in [0.2, 0.25) is 0 Å². The van der Waals surface area contributed by atoms with Crippen LogP contribution in [0.5, 0.6) is 0 Å². The first kappa shape index (κ1) is 18.3. The van der Waals surface area contributed by atoms with Crippen LogP contribution in [0.15, 0.2) is 67.3 Å². The summed E-state index contributed by atoms with van der Waals surface area (Å²) < 4.78 is 0. The molecule has 0 bridgehead atoms. The quantitative estimate of drug-likeness (QED) is 0.760. The highest BCUT2D eigenvalue weighted by atomic mass is 16.3. The lowest BCUT2D eigenvalue weighted by molar-refractivity contribution is -0.0162. The molecule has 142 valence electrons. The summed E-state index contributed by atoms with van der Waals surface area (Å²) in [5.74, 6) is -0.0801. The van der Waals surface area contributed by atoms with E-state index < -0.39 is 5.60 Å². The molecular formula is C22H22N4O2. The molecule has 1 fully saturated rings. The van der Waals surface area contributed by atoms with Gasteiger partial charge in [0.15, 0.2) is 0 Å². The lowest BCUT2D eigenvalue weighted by Crippen LogP contribution is -2.47.